The molecule has 0 atom stereocenters. The molecule has 2 aliphatic carbocycles. The molecule has 0 radical (unpaired) electrons. The van der Waals surface area contributed by atoms with E-state index in [1.165, 1.54) is 12.7 Å². The lowest BCUT2D eigenvalue weighted by Crippen LogP contribution is -2.29. The summed E-state index contributed by atoms with van der Waals surface area (Å²) in [5.74, 6) is 2.45. The zero-order valence-electron chi connectivity index (χ0n) is 31.2. The van der Waals surface area contributed by atoms with Crippen molar-refractivity contribution in [2.24, 2.45) is 0 Å². The van der Waals surface area contributed by atoms with E-state index in [9.17, 15) is 9.59 Å². The number of nitrogen functional groups attached to an aromatic ring is 1. The summed E-state index contributed by atoms with van der Waals surface area (Å²) in [6.45, 7) is 4.35. The van der Waals surface area contributed by atoms with Crippen LogP contribution >= 0.6 is 11.8 Å². The minimum Gasteiger partial charge on any atom is -0.382 e. The number of imidazole rings is 2. The Morgan fingerprint density at radius 1 is 0.732 bits per heavy atom. The van der Waals surface area contributed by atoms with Crippen molar-refractivity contribution < 1.29 is 0 Å². The van der Waals surface area contributed by atoms with Gasteiger partial charge in [-0.15, -0.1) is 0 Å². The van der Waals surface area contributed by atoms with Crippen LogP contribution in [0, 0.1) is 13.8 Å². The van der Waals surface area contributed by atoms with Crippen LogP contribution in [-0.4, -0.2) is 58.6 Å². The van der Waals surface area contributed by atoms with Crippen molar-refractivity contribution >= 4 is 61.7 Å². The number of nitrogens with two attached hydrogens (primary N) is 1. The Morgan fingerprint density at radius 3 is 2.00 bits per heavy atom. The van der Waals surface area contributed by atoms with Gasteiger partial charge in [-0.05, 0) is 62.8 Å². The third-order valence-corrected chi connectivity index (χ3v) is 12.0. The third kappa shape index (κ3) is 6.46. The maximum Gasteiger partial charge on any atom is 0.261 e. The zero-order valence-corrected chi connectivity index (χ0v) is 32.0. The van der Waals surface area contributed by atoms with Crippen molar-refractivity contribution in [1.29, 1.82) is 0 Å². The Morgan fingerprint density at radius 2 is 1.34 bits per heavy atom. The van der Waals surface area contributed by atoms with Crippen LogP contribution in [-0.2, 0) is 12.3 Å². The van der Waals surface area contributed by atoms with E-state index in [-0.39, 0.29) is 23.2 Å². The topological polar surface area (TPSA) is 194 Å². The Hall–Kier alpha value is -6.03. The number of fused-ring (bicyclic) bond motifs is 4. The monoisotopic (exact) mass is 767 g/mol. The second-order valence-corrected chi connectivity index (χ2v) is 15.6. The van der Waals surface area contributed by atoms with Gasteiger partial charge in [0.25, 0.3) is 11.1 Å². The lowest BCUT2D eigenvalue weighted by Gasteiger charge is -2.20. The number of H-pyrrole nitrogens is 1. The number of thioether (sulfide) groups is 1. The highest BCUT2D eigenvalue weighted by atomic mass is 32.2. The molecule has 2 fully saturated rings. The number of nitrogens with one attached hydrogen (secondary N) is 1. The summed E-state index contributed by atoms with van der Waals surface area (Å²) in [4.78, 5) is 65.2. The number of aromatic amines is 1. The molecule has 284 valence electrons. The molecule has 0 saturated heterocycles. The predicted octanol–water partition coefficient (Wildman–Crippen LogP) is 6.37. The minimum absolute atomic E-state index is 0.0450. The highest BCUT2D eigenvalue weighted by molar-refractivity contribution is 7.98. The first-order valence-electron chi connectivity index (χ1n) is 19.1. The van der Waals surface area contributed by atoms with Crippen LogP contribution in [0.5, 0.6) is 0 Å². The van der Waals surface area contributed by atoms with Crippen molar-refractivity contribution in [3.05, 3.63) is 105 Å². The van der Waals surface area contributed by atoms with Gasteiger partial charge in [-0.2, -0.15) is 0 Å². The van der Waals surface area contributed by atoms with Crippen molar-refractivity contribution in [3.8, 4) is 0 Å². The van der Waals surface area contributed by atoms with Crippen molar-refractivity contribution in [3.63, 3.8) is 0 Å². The molecule has 15 nitrogen and oxygen atoms in total. The zero-order chi connectivity index (χ0) is 38.3. The molecule has 8 aromatic rings. The van der Waals surface area contributed by atoms with E-state index in [0.717, 1.165) is 101 Å². The van der Waals surface area contributed by atoms with Gasteiger partial charge in [0.15, 0.2) is 17.1 Å². The minimum atomic E-state index is 0.0450. The van der Waals surface area contributed by atoms with E-state index in [1.54, 1.807) is 24.4 Å². The van der Waals surface area contributed by atoms with E-state index >= 15 is 0 Å². The fraction of sp³-hybridized carbons (Fsp3) is 0.350. The molecule has 56 heavy (non-hydrogen) atoms. The first-order valence-corrected chi connectivity index (χ1v) is 20.0. The molecular weight excluding hydrogens is 727 g/mol. The van der Waals surface area contributed by atoms with Gasteiger partial charge in [0.1, 0.15) is 40.4 Å². The largest absolute Gasteiger partial charge is 0.382 e. The molecule has 3 N–H and O–H groups in total. The molecule has 6 aromatic heterocycles. The van der Waals surface area contributed by atoms with Crippen LogP contribution in [0.2, 0.25) is 0 Å². The second kappa shape index (κ2) is 14.9. The Bertz CT molecular complexity index is 2870. The first-order chi connectivity index (χ1) is 27.4. The molecular formula is C40H41N13O2S. The number of rotatable bonds is 7. The van der Waals surface area contributed by atoms with Crippen molar-refractivity contribution in [2.75, 3.05) is 5.73 Å². The number of benzene rings is 2. The standard InChI is InChI=1S/C20H21N7O.C20H20N6OS/c1-12-5-4-8-14-16(12)20(28)27(13-6-2-3-7-13)15(25-14)9-26-11-24-17-18(21)22-10-23-19(17)26;1-12-5-4-8-14-16(12)20(27)26(13-6-2-3-7-13)15(25-14)9-28-19-17-18(22-10-21-17)23-11-24-19/h4-5,8,10-11,13H,2-3,6-7,9H2,1H3,(H2,21,22,23);4-5,8,10-11,13H,2-3,6-7,9H2,1H3,(H,21,22,23,24). The summed E-state index contributed by atoms with van der Waals surface area (Å²) in [6, 6.07) is 12.1. The Balaban J connectivity index is 0.000000146. The fourth-order valence-corrected chi connectivity index (χ4v) is 9.23. The van der Waals surface area contributed by atoms with E-state index in [0.29, 0.717) is 40.3 Å². The number of aromatic nitrogens is 12. The number of hydrogen-bond acceptors (Lipinski definition) is 12. The van der Waals surface area contributed by atoms with Gasteiger partial charge in [0, 0.05) is 12.1 Å². The first kappa shape index (κ1) is 35.7. The molecule has 2 aliphatic rings. The van der Waals surface area contributed by atoms with Gasteiger partial charge in [-0.3, -0.25) is 18.7 Å². The molecule has 0 bridgehead atoms. The van der Waals surface area contributed by atoms with Crippen molar-refractivity contribution in [2.45, 2.75) is 94.6 Å². The molecule has 2 saturated carbocycles. The summed E-state index contributed by atoms with van der Waals surface area (Å²) in [5.41, 5.74) is 12.1. The molecule has 0 unspecified atom stereocenters. The van der Waals surface area contributed by atoms with Gasteiger partial charge in [0.05, 0.1) is 46.8 Å². The average molecular weight is 768 g/mol. The van der Waals surface area contributed by atoms with Gasteiger partial charge in [-0.1, -0.05) is 61.7 Å². The molecule has 0 aliphatic heterocycles. The van der Waals surface area contributed by atoms with Crippen LogP contribution in [0.15, 0.2) is 76.3 Å². The predicted molar refractivity (Wildman–Crippen MR) is 217 cm³/mol. The molecule has 10 rings (SSSR count). The van der Waals surface area contributed by atoms with Gasteiger partial charge >= 0.3 is 0 Å². The number of nitrogens with zero attached hydrogens (tertiary/aromatic N) is 11. The molecule has 2 aromatic carbocycles. The third-order valence-electron chi connectivity index (χ3n) is 11.1. The summed E-state index contributed by atoms with van der Waals surface area (Å²) in [5, 5.41) is 2.24. The van der Waals surface area contributed by atoms with Gasteiger partial charge in [0.2, 0.25) is 0 Å². The van der Waals surface area contributed by atoms with E-state index < -0.39 is 0 Å². The van der Waals surface area contributed by atoms with Crippen molar-refractivity contribution in [1.82, 2.24) is 58.6 Å². The van der Waals surface area contributed by atoms with E-state index in [2.05, 4.69) is 34.9 Å². The molecule has 0 amide bonds. The second-order valence-electron chi connectivity index (χ2n) is 14.6. The van der Waals surface area contributed by atoms with E-state index in [4.69, 9.17) is 15.7 Å². The lowest BCUT2D eigenvalue weighted by atomic mass is 10.1. The summed E-state index contributed by atoms with van der Waals surface area (Å²) in [7, 11) is 0. The van der Waals surface area contributed by atoms with Crippen LogP contribution in [0.25, 0.3) is 44.1 Å². The van der Waals surface area contributed by atoms with Crippen LogP contribution in [0.3, 0.4) is 0 Å². The van der Waals surface area contributed by atoms with E-state index in [1.807, 2.05) is 63.9 Å². The SMILES string of the molecule is Cc1cccc2nc(CSc3ncnc4[nH]cnc34)n(C3CCCC3)c(=O)c12.Cc1cccc2nc(Cn3cnc4c(N)ncnc43)n(C3CCCC3)c(=O)c12. The Kier molecular flexibility index (Phi) is 9.49. The number of aryl methyl sites for hydroxylation is 2. The molecule has 6 heterocycles. The van der Waals surface area contributed by atoms with Crippen LogP contribution in [0.1, 0.15) is 86.2 Å². The van der Waals surface area contributed by atoms with Gasteiger partial charge in [-0.25, -0.2) is 39.9 Å². The number of anilines is 1. The smallest absolute Gasteiger partial charge is 0.261 e. The maximum absolute atomic E-state index is 13.5. The fourth-order valence-electron chi connectivity index (χ4n) is 8.35. The Labute approximate surface area is 324 Å². The summed E-state index contributed by atoms with van der Waals surface area (Å²) >= 11 is 1.55. The quantitative estimate of drug-likeness (QED) is 0.135. The summed E-state index contributed by atoms with van der Waals surface area (Å²) in [6.07, 6.45) is 14.9. The maximum atomic E-state index is 13.5. The molecule has 16 heteroatoms. The van der Waals surface area contributed by atoms with Gasteiger partial charge < -0.3 is 15.3 Å². The number of hydrogen-bond donors (Lipinski definition) is 2. The van der Waals surface area contributed by atoms with Crippen LogP contribution in [0.4, 0.5) is 5.82 Å². The average Bonchev–Trinajstić information content (AvgIpc) is 4.04. The van der Waals surface area contributed by atoms with Crippen LogP contribution < -0.4 is 16.9 Å². The highest BCUT2D eigenvalue weighted by Crippen LogP contribution is 2.33. The summed E-state index contributed by atoms with van der Waals surface area (Å²) < 4.78 is 5.72. The highest BCUT2D eigenvalue weighted by Gasteiger charge is 2.25. The normalized spacial score (nSPS) is 15.0. The molecule has 0 spiro atoms. The lowest BCUT2D eigenvalue weighted by molar-refractivity contribution is 0.469.